The first kappa shape index (κ1) is 8.80. The quantitative estimate of drug-likeness (QED) is 0.543. The van der Waals surface area contributed by atoms with Gasteiger partial charge in [0.25, 0.3) is 0 Å². The van der Waals surface area contributed by atoms with Crippen LogP contribution in [-0.2, 0) is 11.4 Å². The summed E-state index contributed by atoms with van der Waals surface area (Å²) in [6.45, 7) is 2.28. The summed E-state index contributed by atoms with van der Waals surface area (Å²) in [7, 11) is 0. The van der Waals surface area contributed by atoms with E-state index in [0.717, 1.165) is 0 Å². The maximum absolute atomic E-state index is 8.65. The Morgan fingerprint density at radius 3 is 3.08 bits per heavy atom. The van der Waals surface area contributed by atoms with E-state index < -0.39 is 0 Å². The molecule has 0 aliphatic carbocycles. The highest BCUT2D eigenvalue weighted by atomic mass is 16.6. The monoisotopic (exact) mass is 169 g/mol. The average Bonchev–Trinajstić information content (AvgIpc) is 2.53. The molecule has 4 nitrogen and oxygen atoms in total. The molecule has 0 amide bonds. The van der Waals surface area contributed by atoms with Crippen LogP contribution in [0.1, 0.15) is 18.4 Å². The van der Waals surface area contributed by atoms with Crippen molar-refractivity contribution in [1.82, 2.24) is 0 Å². The van der Waals surface area contributed by atoms with E-state index in [1.807, 2.05) is 6.92 Å². The molecule has 4 heteroatoms. The van der Waals surface area contributed by atoms with Crippen molar-refractivity contribution in [2.24, 2.45) is 5.16 Å². The van der Waals surface area contributed by atoms with Crippen LogP contribution in [0.2, 0.25) is 0 Å². The van der Waals surface area contributed by atoms with Gasteiger partial charge in [-0.2, -0.15) is 0 Å². The molecular weight excluding hydrogens is 158 g/mol. The molecule has 0 atom stereocenters. The Balaban J connectivity index is 2.51. The molecule has 0 radical (unpaired) electrons. The van der Waals surface area contributed by atoms with Gasteiger partial charge in [-0.3, -0.25) is 0 Å². The SMILES string of the molecule is CCON=Cc1ccc(CO)o1. The molecule has 0 bridgehead atoms. The summed E-state index contributed by atoms with van der Waals surface area (Å²) in [5, 5.41) is 12.3. The number of rotatable bonds is 4. The van der Waals surface area contributed by atoms with Gasteiger partial charge in [0.1, 0.15) is 30.9 Å². The van der Waals surface area contributed by atoms with Gasteiger partial charge >= 0.3 is 0 Å². The van der Waals surface area contributed by atoms with Crippen molar-refractivity contribution in [2.45, 2.75) is 13.5 Å². The standard InChI is InChI=1S/C8H11NO3/c1-2-11-9-5-7-3-4-8(6-10)12-7/h3-5,10H,2,6H2,1H3. The number of hydrogen-bond acceptors (Lipinski definition) is 4. The average molecular weight is 169 g/mol. The molecule has 0 aromatic carbocycles. The van der Waals surface area contributed by atoms with Gasteiger partial charge < -0.3 is 14.4 Å². The third-order valence-electron chi connectivity index (χ3n) is 1.22. The van der Waals surface area contributed by atoms with Crippen LogP contribution in [0.25, 0.3) is 0 Å². The number of aliphatic hydroxyl groups is 1. The van der Waals surface area contributed by atoms with E-state index in [1.165, 1.54) is 6.21 Å². The summed E-state index contributed by atoms with van der Waals surface area (Å²) in [6, 6.07) is 3.40. The molecule has 0 unspecified atom stereocenters. The van der Waals surface area contributed by atoms with Crippen LogP contribution >= 0.6 is 0 Å². The first-order valence-electron chi connectivity index (χ1n) is 3.71. The lowest BCUT2D eigenvalue weighted by atomic mass is 10.4. The maximum Gasteiger partial charge on any atom is 0.148 e. The Kier molecular flexibility index (Phi) is 3.35. The highest BCUT2D eigenvalue weighted by molar-refractivity contribution is 5.75. The van der Waals surface area contributed by atoms with E-state index in [0.29, 0.717) is 18.1 Å². The smallest absolute Gasteiger partial charge is 0.148 e. The minimum atomic E-state index is -0.0948. The second kappa shape index (κ2) is 4.56. The topological polar surface area (TPSA) is 55.0 Å². The molecule has 0 saturated carbocycles. The van der Waals surface area contributed by atoms with Gasteiger partial charge in [0.2, 0.25) is 0 Å². The Hall–Kier alpha value is -1.29. The van der Waals surface area contributed by atoms with Crippen LogP contribution in [0.15, 0.2) is 21.7 Å². The third-order valence-corrected chi connectivity index (χ3v) is 1.22. The Bertz CT molecular complexity index is 255. The van der Waals surface area contributed by atoms with Crippen LogP contribution in [0, 0.1) is 0 Å². The number of oxime groups is 1. The van der Waals surface area contributed by atoms with Crippen molar-refractivity contribution in [1.29, 1.82) is 0 Å². The van der Waals surface area contributed by atoms with Gasteiger partial charge in [0.15, 0.2) is 0 Å². The lowest BCUT2D eigenvalue weighted by Crippen LogP contribution is -1.81. The molecule has 1 rings (SSSR count). The van der Waals surface area contributed by atoms with Gasteiger partial charge in [0.05, 0.1) is 0 Å². The summed E-state index contributed by atoms with van der Waals surface area (Å²) in [4.78, 5) is 4.73. The molecular formula is C8H11NO3. The Morgan fingerprint density at radius 2 is 2.50 bits per heavy atom. The van der Waals surface area contributed by atoms with Gasteiger partial charge in [0, 0.05) is 0 Å². The largest absolute Gasteiger partial charge is 0.458 e. The zero-order valence-corrected chi connectivity index (χ0v) is 6.86. The zero-order valence-electron chi connectivity index (χ0n) is 6.86. The summed E-state index contributed by atoms with van der Waals surface area (Å²) in [5.74, 6) is 1.10. The second-order valence-corrected chi connectivity index (χ2v) is 2.11. The normalized spacial score (nSPS) is 10.8. The Morgan fingerprint density at radius 1 is 1.67 bits per heavy atom. The van der Waals surface area contributed by atoms with E-state index in [-0.39, 0.29) is 6.61 Å². The van der Waals surface area contributed by atoms with E-state index in [2.05, 4.69) is 5.16 Å². The molecule has 0 aliphatic rings. The number of nitrogens with zero attached hydrogens (tertiary/aromatic N) is 1. The lowest BCUT2D eigenvalue weighted by Gasteiger charge is -1.89. The molecule has 0 spiro atoms. The fraction of sp³-hybridized carbons (Fsp3) is 0.375. The van der Waals surface area contributed by atoms with Crippen LogP contribution in [0.5, 0.6) is 0 Å². The van der Waals surface area contributed by atoms with E-state index in [4.69, 9.17) is 14.4 Å². The van der Waals surface area contributed by atoms with Crippen molar-refractivity contribution in [3.05, 3.63) is 23.7 Å². The van der Waals surface area contributed by atoms with Crippen molar-refractivity contribution in [3.8, 4) is 0 Å². The number of furan rings is 1. The fourth-order valence-electron chi connectivity index (χ4n) is 0.713. The minimum absolute atomic E-state index is 0.0948. The number of hydrogen-bond donors (Lipinski definition) is 1. The van der Waals surface area contributed by atoms with E-state index in [9.17, 15) is 0 Å². The van der Waals surface area contributed by atoms with Gasteiger partial charge in [-0.05, 0) is 19.1 Å². The fourth-order valence-corrected chi connectivity index (χ4v) is 0.713. The van der Waals surface area contributed by atoms with Crippen molar-refractivity contribution in [3.63, 3.8) is 0 Å². The molecule has 1 heterocycles. The van der Waals surface area contributed by atoms with Crippen LogP contribution in [0.4, 0.5) is 0 Å². The lowest BCUT2D eigenvalue weighted by molar-refractivity contribution is 0.160. The van der Waals surface area contributed by atoms with Crippen molar-refractivity contribution in [2.75, 3.05) is 6.61 Å². The molecule has 1 aromatic heterocycles. The predicted octanol–water partition coefficient (Wildman–Crippen LogP) is 1.14. The van der Waals surface area contributed by atoms with Gasteiger partial charge in [-0.15, -0.1) is 0 Å². The maximum atomic E-state index is 8.65. The minimum Gasteiger partial charge on any atom is -0.458 e. The third kappa shape index (κ3) is 2.39. The van der Waals surface area contributed by atoms with E-state index >= 15 is 0 Å². The number of aliphatic hydroxyl groups excluding tert-OH is 1. The van der Waals surface area contributed by atoms with Crippen LogP contribution < -0.4 is 0 Å². The van der Waals surface area contributed by atoms with Crippen molar-refractivity contribution < 1.29 is 14.4 Å². The molecule has 0 aliphatic heterocycles. The molecule has 0 fully saturated rings. The first-order chi connectivity index (χ1) is 5.86. The van der Waals surface area contributed by atoms with E-state index in [1.54, 1.807) is 12.1 Å². The highest BCUT2D eigenvalue weighted by Crippen LogP contribution is 2.04. The molecule has 12 heavy (non-hydrogen) atoms. The van der Waals surface area contributed by atoms with Crippen molar-refractivity contribution >= 4 is 6.21 Å². The summed E-state index contributed by atoms with van der Waals surface area (Å²) >= 11 is 0. The van der Waals surface area contributed by atoms with Gasteiger partial charge in [-0.1, -0.05) is 5.16 Å². The van der Waals surface area contributed by atoms with Gasteiger partial charge in [-0.25, -0.2) is 0 Å². The molecule has 66 valence electrons. The molecule has 1 N–H and O–H groups in total. The predicted molar refractivity (Wildman–Crippen MR) is 43.9 cm³/mol. The zero-order chi connectivity index (χ0) is 8.81. The summed E-state index contributed by atoms with van der Waals surface area (Å²) < 4.78 is 5.10. The molecule has 1 aromatic rings. The second-order valence-electron chi connectivity index (χ2n) is 2.11. The first-order valence-corrected chi connectivity index (χ1v) is 3.71. The summed E-state index contributed by atoms with van der Waals surface area (Å²) in [6.07, 6.45) is 1.46. The van der Waals surface area contributed by atoms with Crippen LogP contribution in [-0.4, -0.2) is 17.9 Å². The summed E-state index contributed by atoms with van der Waals surface area (Å²) in [5.41, 5.74) is 0. The highest BCUT2D eigenvalue weighted by Gasteiger charge is 1.96. The molecule has 0 saturated heterocycles. The Labute approximate surface area is 70.4 Å². The van der Waals surface area contributed by atoms with Crippen LogP contribution in [0.3, 0.4) is 0 Å².